The van der Waals surface area contributed by atoms with Gasteiger partial charge >= 0.3 is 0 Å². The van der Waals surface area contributed by atoms with Crippen LogP contribution in [-0.2, 0) is 4.79 Å². The summed E-state index contributed by atoms with van der Waals surface area (Å²) in [5.41, 5.74) is 1.25. The van der Waals surface area contributed by atoms with Crippen LogP contribution < -0.4 is 0 Å². The van der Waals surface area contributed by atoms with E-state index in [1.165, 1.54) is 36.4 Å². The van der Waals surface area contributed by atoms with Gasteiger partial charge in [-0.2, -0.15) is 0 Å². The molecule has 2 aromatic rings. The van der Waals surface area contributed by atoms with E-state index in [4.69, 9.17) is 0 Å². The SMILES string of the molecule is O=C(c1ccc(F)cc1)N1C[C@@H](C(=O)N2CCCC2)[C@H](c2ccc(F)cc2)C1. The first-order valence-corrected chi connectivity index (χ1v) is 9.62. The molecule has 2 aliphatic heterocycles. The van der Waals surface area contributed by atoms with Gasteiger partial charge in [0.05, 0.1) is 5.92 Å². The zero-order valence-electron chi connectivity index (χ0n) is 15.5. The highest BCUT2D eigenvalue weighted by Crippen LogP contribution is 2.35. The lowest BCUT2D eigenvalue weighted by Gasteiger charge is -2.24. The van der Waals surface area contributed by atoms with Crippen LogP contribution in [-0.4, -0.2) is 47.8 Å². The molecule has 2 aliphatic rings. The van der Waals surface area contributed by atoms with E-state index in [1.807, 2.05) is 4.90 Å². The van der Waals surface area contributed by atoms with E-state index in [2.05, 4.69) is 0 Å². The fourth-order valence-corrected chi connectivity index (χ4v) is 4.21. The van der Waals surface area contributed by atoms with E-state index in [0.717, 1.165) is 31.5 Å². The second kappa shape index (κ2) is 7.70. The Morgan fingerprint density at radius 2 is 1.36 bits per heavy atom. The van der Waals surface area contributed by atoms with E-state index < -0.39 is 5.82 Å². The van der Waals surface area contributed by atoms with Crippen molar-refractivity contribution in [1.82, 2.24) is 9.80 Å². The van der Waals surface area contributed by atoms with E-state index in [1.54, 1.807) is 17.0 Å². The van der Waals surface area contributed by atoms with Crippen LogP contribution in [0.3, 0.4) is 0 Å². The maximum atomic E-state index is 13.4. The van der Waals surface area contributed by atoms with Crippen LogP contribution in [0.5, 0.6) is 0 Å². The first-order chi connectivity index (χ1) is 13.5. The number of carbonyl (C=O) groups excluding carboxylic acids is 2. The van der Waals surface area contributed by atoms with E-state index in [-0.39, 0.29) is 29.5 Å². The zero-order chi connectivity index (χ0) is 19.7. The molecule has 0 aromatic heterocycles. The van der Waals surface area contributed by atoms with Crippen molar-refractivity contribution in [2.24, 2.45) is 5.92 Å². The van der Waals surface area contributed by atoms with Gasteiger partial charge in [0.1, 0.15) is 11.6 Å². The molecule has 6 heteroatoms. The molecule has 0 spiro atoms. The molecule has 4 rings (SSSR count). The van der Waals surface area contributed by atoms with Crippen molar-refractivity contribution in [2.45, 2.75) is 18.8 Å². The zero-order valence-corrected chi connectivity index (χ0v) is 15.5. The van der Waals surface area contributed by atoms with E-state index in [9.17, 15) is 18.4 Å². The summed E-state index contributed by atoms with van der Waals surface area (Å²) < 4.78 is 26.5. The largest absolute Gasteiger partial charge is 0.342 e. The second-order valence-corrected chi connectivity index (χ2v) is 7.51. The summed E-state index contributed by atoms with van der Waals surface area (Å²) >= 11 is 0. The van der Waals surface area contributed by atoms with Gasteiger partial charge in [-0.15, -0.1) is 0 Å². The molecule has 146 valence electrons. The molecule has 2 fully saturated rings. The molecule has 2 heterocycles. The van der Waals surface area contributed by atoms with Crippen LogP contribution >= 0.6 is 0 Å². The summed E-state index contributed by atoms with van der Waals surface area (Å²) in [6, 6.07) is 11.6. The third-order valence-electron chi connectivity index (χ3n) is 5.73. The minimum Gasteiger partial charge on any atom is -0.342 e. The lowest BCUT2D eigenvalue weighted by Crippen LogP contribution is -2.37. The molecule has 0 radical (unpaired) electrons. The third kappa shape index (κ3) is 3.63. The van der Waals surface area contributed by atoms with Crippen molar-refractivity contribution >= 4 is 11.8 Å². The Kier molecular flexibility index (Phi) is 5.11. The Morgan fingerprint density at radius 3 is 1.96 bits per heavy atom. The van der Waals surface area contributed by atoms with Crippen LogP contribution in [0.1, 0.15) is 34.7 Å². The maximum absolute atomic E-state index is 13.4. The van der Waals surface area contributed by atoms with E-state index in [0.29, 0.717) is 18.7 Å². The van der Waals surface area contributed by atoms with Crippen LogP contribution in [0.15, 0.2) is 48.5 Å². The molecular weight excluding hydrogens is 362 g/mol. The number of rotatable bonds is 3. The number of nitrogens with zero attached hydrogens (tertiary/aromatic N) is 2. The van der Waals surface area contributed by atoms with Crippen LogP contribution in [0.2, 0.25) is 0 Å². The molecule has 0 aliphatic carbocycles. The Bertz CT molecular complexity index is 861. The minimum atomic E-state index is -0.399. The van der Waals surface area contributed by atoms with Crippen molar-refractivity contribution in [2.75, 3.05) is 26.2 Å². The summed E-state index contributed by atoms with van der Waals surface area (Å²) in [4.78, 5) is 29.5. The topological polar surface area (TPSA) is 40.6 Å². The first-order valence-electron chi connectivity index (χ1n) is 9.62. The van der Waals surface area contributed by atoms with Gasteiger partial charge in [0.25, 0.3) is 5.91 Å². The fourth-order valence-electron chi connectivity index (χ4n) is 4.21. The number of hydrogen-bond donors (Lipinski definition) is 0. The molecule has 2 atom stereocenters. The molecule has 28 heavy (non-hydrogen) atoms. The first kappa shape index (κ1) is 18.6. The molecule has 2 aromatic carbocycles. The predicted octanol–water partition coefficient (Wildman–Crippen LogP) is 3.44. The molecule has 0 N–H and O–H groups in total. The standard InChI is InChI=1S/C22H22F2N2O2/c23-17-7-3-15(4-8-17)19-13-26(21(27)16-5-9-18(24)10-6-16)14-20(19)22(28)25-11-1-2-12-25/h3-10,19-20H,1-2,11-14H2/t19-,20+/m0/s1. The van der Waals surface area contributed by atoms with Crippen LogP contribution in [0.25, 0.3) is 0 Å². The quantitative estimate of drug-likeness (QED) is 0.813. The molecule has 0 unspecified atom stereocenters. The second-order valence-electron chi connectivity index (χ2n) is 7.51. The average molecular weight is 384 g/mol. The molecule has 2 saturated heterocycles. The third-order valence-corrected chi connectivity index (χ3v) is 5.73. The lowest BCUT2D eigenvalue weighted by molar-refractivity contribution is -0.134. The van der Waals surface area contributed by atoms with Gasteiger partial charge in [0.2, 0.25) is 5.91 Å². The summed E-state index contributed by atoms with van der Waals surface area (Å²) in [6.07, 6.45) is 2.00. The number of benzene rings is 2. The fraction of sp³-hybridized carbons (Fsp3) is 0.364. The summed E-state index contributed by atoms with van der Waals surface area (Å²) in [7, 11) is 0. The summed E-state index contributed by atoms with van der Waals surface area (Å²) in [5, 5.41) is 0. The number of halogens is 2. The molecular formula is C22H22F2N2O2. The monoisotopic (exact) mass is 384 g/mol. The maximum Gasteiger partial charge on any atom is 0.253 e. The molecule has 4 nitrogen and oxygen atoms in total. The normalized spacial score (nSPS) is 21.9. The van der Waals surface area contributed by atoms with E-state index >= 15 is 0 Å². The lowest BCUT2D eigenvalue weighted by atomic mass is 9.88. The summed E-state index contributed by atoms with van der Waals surface area (Å²) in [6.45, 7) is 2.19. The number of hydrogen-bond acceptors (Lipinski definition) is 2. The molecule has 0 bridgehead atoms. The Balaban J connectivity index is 1.60. The Morgan fingerprint density at radius 1 is 0.786 bits per heavy atom. The van der Waals surface area contributed by atoms with Gasteiger partial charge in [0.15, 0.2) is 0 Å². The predicted molar refractivity (Wildman–Crippen MR) is 101 cm³/mol. The minimum absolute atomic E-state index is 0.0567. The van der Waals surface area contributed by atoms with Crippen molar-refractivity contribution in [3.05, 3.63) is 71.3 Å². The Labute approximate surface area is 162 Å². The van der Waals surface area contributed by atoms with Crippen molar-refractivity contribution in [3.63, 3.8) is 0 Å². The van der Waals surface area contributed by atoms with Crippen molar-refractivity contribution in [1.29, 1.82) is 0 Å². The Hall–Kier alpha value is -2.76. The number of amides is 2. The van der Waals surface area contributed by atoms with Crippen LogP contribution in [0, 0.1) is 17.6 Å². The van der Waals surface area contributed by atoms with Crippen LogP contribution in [0.4, 0.5) is 8.78 Å². The van der Waals surface area contributed by atoms with Crippen molar-refractivity contribution in [3.8, 4) is 0 Å². The highest BCUT2D eigenvalue weighted by Gasteiger charge is 2.42. The highest BCUT2D eigenvalue weighted by molar-refractivity contribution is 5.95. The van der Waals surface area contributed by atoms with Gasteiger partial charge in [-0.25, -0.2) is 8.78 Å². The number of carbonyl (C=O) groups is 2. The smallest absolute Gasteiger partial charge is 0.253 e. The van der Waals surface area contributed by atoms with Gasteiger partial charge in [-0.1, -0.05) is 12.1 Å². The molecule has 2 amide bonds. The molecule has 0 saturated carbocycles. The van der Waals surface area contributed by atoms with Gasteiger partial charge in [0, 0.05) is 37.7 Å². The van der Waals surface area contributed by atoms with Crippen molar-refractivity contribution < 1.29 is 18.4 Å². The average Bonchev–Trinajstić information content (AvgIpc) is 3.38. The number of likely N-dealkylation sites (tertiary alicyclic amines) is 2. The summed E-state index contributed by atoms with van der Waals surface area (Å²) in [5.74, 6) is -1.43. The van der Waals surface area contributed by atoms with Gasteiger partial charge in [-0.3, -0.25) is 9.59 Å². The van der Waals surface area contributed by atoms with Gasteiger partial charge in [-0.05, 0) is 54.8 Å². The highest BCUT2D eigenvalue weighted by atomic mass is 19.1. The van der Waals surface area contributed by atoms with Gasteiger partial charge < -0.3 is 9.80 Å².